The van der Waals surface area contributed by atoms with E-state index in [2.05, 4.69) is 10.2 Å². The number of amides is 1. The van der Waals surface area contributed by atoms with E-state index in [4.69, 9.17) is 21.7 Å². The molecule has 2 fully saturated rings. The normalized spacial score (nSPS) is 22.9. The number of carbonyl (C=O) groups is 1. The fourth-order valence-electron chi connectivity index (χ4n) is 2.97. The number of ether oxygens (including phenoxy) is 2. The first kappa shape index (κ1) is 15.5. The van der Waals surface area contributed by atoms with E-state index in [9.17, 15) is 4.79 Å². The zero-order valence-electron chi connectivity index (χ0n) is 13.4. The Hall–Kier alpha value is -2.02. The fourth-order valence-corrected chi connectivity index (χ4v) is 3.32. The van der Waals surface area contributed by atoms with Gasteiger partial charge in [0.15, 0.2) is 16.6 Å². The molecule has 1 saturated carbocycles. The van der Waals surface area contributed by atoms with Crippen molar-refractivity contribution in [3.05, 3.63) is 24.3 Å². The molecule has 1 saturated heterocycles. The van der Waals surface area contributed by atoms with Crippen LogP contribution >= 0.6 is 12.2 Å². The number of carbonyl (C=O) groups excluding carboxylic acids is 1. The summed E-state index contributed by atoms with van der Waals surface area (Å²) in [5.41, 5.74) is 0. The lowest BCUT2D eigenvalue weighted by Crippen LogP contribution is -2.56. The highest BCUT2D eigenvalue weighted by Crippen LogP contribution is 2.31. The lowest BCUT2D eigenvalue weighted by atomic mass is 10.2. The maximum atomic E-state index is 12.7. The Balaban J connectivity index is 1.31. The van der Waals surface area contributed by atoms with Crippen molar-refractivity contribution in [2.45, 2.75) is 25.0 Å². The van der Waals surface area contributed by atoms with Crippen LogP contribution in [0.1, 0.15) is 12.8 Å². The van der Waals surface area contributed by atoms with Crippen LogP contribution in [-0.2, 0) is 4.79 Å². The van der Waals surface area contributed by atoms with E-state index >= 15 is 0 Å². The molecule has 1 aliphatic carbocycles. The summed E-state index contributed by atoms with van der Waals surface area (Å²) in [6.45, 7) is 3.10. The molecule has 4 rings (SSSR count). The van der Waals surface area contributed by atoms with Gasteiger partial charge in [0, 0.05) is 32.2 Å². The van der Waals surface area contributed by atoms with Crippen LogP contribution in [0.4, 0.5) is 0 Å². The van der Waals surface area contributed by atoms with E-state index in [0.717, 1.165) is 18.2 Å². The van der Waals surface area contributed by atoms with Crippen molar-refractivity contribution in [3.8, 4) is 11.5 Å². The van der Waals surface area contributed by atoms with Crippen molar-refractivity contribution in [1.82, 2.24) is 15.1 Å². The number of nitrogens with one attached hydrogen (secondary N) is 1. The summed E-state index contributed by atoms with van der Waals surface area (Å²) in [6.07, 6.45) is 1.85. The number of hydrogen-bond donors (Lipinski definition) is 1. The molecule has 7 heteroatoms. The summed E-state index contributed by atoms with van der Waals surface area (Å²) in [5, 5.41) is 4.17. The Morgan fingerprint density at radius 2 is 1.75 bits per heavy atom. The minimum absolute atomic E-state index is 0.00905. The Kier molecular flexibility index (Phi) is 4.18. The molecular formula is C17H21N3O3S. The zero-order chi connectivity index (χ0) is 16.5. The maximum absolute atomic E-state index is 12.7. The highest BCUT2D eigenvalue weighted by molar-refractivity contribution is 7.80. The highest BCUT2D eigenvalue weighted by Gasteiger charge is 2.33. The third-order valence-corrected chi connectivity index (χ3v) is 4.94. The zero-order valence-corrected chi connectivity index (χ0v) is 14.3. The molecule has 1 aromatic carbocycles. The summed E-state index contributed by atoms with van der Waals surface area (Å²) in [5.74, 6) is 1.32. The van der Waals surface area contributed by atoms with E-state index in [1.165, 1.54) is 12.8 Å². The van der Waals surface area contributed by atoms with Crippen LogP contribution < -0.4 is 14.8 Å². The summed E-state index contributed by atoms with van der Waals surface area (Å²) >= 11 is 5.43. The Bertz CT molecular complexity index is 642. The molecule has 0 radical (unpaired) electrons. The van der Waals surface area contributed by atoms with Crippen LogP contribution in [0.15, 0.2) is 24.3 Å². The number of hydrogen-bond acceptors (Lipinski definition) is 4. The number of fused-ring (bicyclic) bond motifs is 1. The monoisotopic (exact) mass is 347 g/mol. The van der Waals surface area contributed by atoms with Crippen molar-refractivity contribution in [2.24, 2.45) is 0 Å². The first-order chi connectivity index (χ1) is 11.7. The number of benzene rings is 1. The quantitative estimate of drug-likeness (QED) is 0.806. The van der Waals surface area contributed by atoms with Gasteiger partial charge < -0.3 is 24.6 Å². The summed E-state index contributed by atoms with van der Waals surface area (Å²) in [4.78, 5) is 16.7. The van der Waals surface area contributed by atoms with Gasteiger partial charge in [-0.2, -0.15) is 0 Å². The van der Waals surface area contributed by atoms with Gasteiger partial charge in [-0.05, 0) is 37.2 Å². The topological polar surface area (TPSA) is 54.0 Å². The second kappa shape index (κ2) is 6.47. The molecule has 1 aromatic rings. The van der Waals surface area contributed by atoms with Crippen LogP contribution in [0, 0.1) is 0 Å². The number of para-hydroxylation sites is 2. The van der Waals surface area contributed by atoms with Crippen molar-refractivity contribution in [3.63, 3.8) is 0 Å². The second-order valence-corrected chi connectivity index (χ2v) is 6.79. The Labute approximate surface area is 146 Å². The van der Waals surface area contributed by atoms with E-state index in [0.29, 0.717) is 30.6 Å². The average Bonchev–Trinajstić information content (AvgIpc) is 3.45. The van der Waals surface area contributed by atoms with Gasteiger partial charge in [-0.3, -0.25) is 4.79 Å². The van der Waals surface area contributed by atoms with Crippen molar-refractivity contribution < 1.29 is 14.3 Å². The molecule has 128 valence electrons. The van der Waals surface area contributed by atoms with Gasteiger partial charge in [0.2, 0.25) is 6.10 Å². The van der Waals surface area contributed by atoms with Crippen LogP contribution in [0.5, 0.6) is 11.5 Å². The molecule has 2 heterocycles. The Morgan fingerprint density at radius 1 is 1.08 bits per heavy atom. The molecule has 1 amide bonds. The first-order valence-electron chi connectivity index (χ1n) is 8.43. The first-order valence-corrected chi connectivity index (χ1v) is 8.84. The number of thiocarbonyl (C=S) groups is 1. The molecule has 1 N–H and O–H groups in total. The SMILES string of the molecule is O=C([C@H]1COc2ccccc2O1)N1CCN(C(=S)NC2CC2)CC1. The van der Waals surface area contributed by atoms with E-state index in [1.807, 2.05) is 29.2 Å². The highest BCUT2D eigenvalue weighted by atomic mass is 32.1. The van der Waals surface area contributed by atoms with Crippen LogP contribution in [0.3, 0.4) is 0 Å². The van der Waals surface area contributed by atoms with E-state index in [1.54, 1.807) is 0 Å². The molecule has 3 aliphatic rings. The van der Waals surface area contributed by atoms with Gasteiger partial charge in [0.05, 0.1) is 0 Å². The van der Waals surface area contributed by atoms with E-state index in [-0.39, 0.29) is 12.5 Å². The van der Waals surface area contributed by atoms with Crippen molar-refractivity contribution in [1.29, 1.82) is 0 Å². The van der Waals surface area contributed by atoms with Crippen LogP contribution in [0.2, 0.25) is 0 Å². The molecule has 0 unspecified atom stereocenters. The van der Waals surface area contributed by atoms with Gasteiger partial charge >= 0.3 is 0 Å². The number of nitrogens with zero attached hydrogens (tertiary/aromatic N) is 2. The summed E-state index contributed by atoms with van der Waals surface area (Å²) in [7, 11) is 0. The predicted octanol–water partition coefficient (Wildman–Crippen LogP) is 1.01. The summed E-state index contributed by atoms with van der Waals surface area (Å²) in [6, 6.07) is 8.01. The van der Waals surface area contributed by atoms with Crippen molar-refractivity contribution in [2.75, 3.05) is 32.8 Å². The predicted molar refractivity (Wildman–Crippen MR) is 93.3 cm³/mol. The van der Waals surface area contributed by atoms with Gasteiger partial charge in [-0.15, -0.1) is 0 Å². The average molecular weight is 347 g/mol. The van der Waals surface area contributed by atoms with Gasteiger partial charge in [0.1, 0.15) is 6.61 Å². The minimum atomic E-state index is -0.567. The molecule has 0 bridgehead atoms. The molecule has 24 heavy (non-hydrogen) atoms. The van der Waals surface area contributed by atoms with E-state index < -0.39 is 6.10 Å². The molecule has 2 aliphatic heterocycles. The third-order valence-electron chi connectivity index (χ3n) is 4.57. The van der Waals surface area contributed by atoms with Gasteiger partial charge in [0.25, 0.3) is 5.91 Å². The minimum Gasteiger partial charge on any atom is -0.485 e. The van der Waals surface area contributed by atoms with Crippen LogP contribution in [0.25, 0.3) is 0 Å². The molecule has 0 spiro atoms. The third kappa shape index (κ3) is 3.26. The van der Waals surface area contributed by atoms with Gasteiger partial charge in [-0.1, -0.05) is 12.1 Å². The standard InChI is InChI=1S/C17H21N3O3S/c21-16(15-11-22-13-3-1-2-4-14(13)23-15)19-7-9-20(10-8-19)17(24)18-12-5-6-12/h1-4,12,15H,5-11H2,(H,18,24)/t15-/m1/s1. The summed E-state index contributed by atoms with van der Waals surface area (Å²) < 4.78 is 11.5. The smallest absolute Gasteiger partial charge is 0.267 e. The molecule has 0 aromatic heterocycles. The molecule has 1 atom stereocenters. The lowest BCUT2D eigenvalue weighted by molar-refractivity contribution is -0.142. The Morgan fingerprint density at radius 3 is 2.46 bits per heavy atom. The lowest BCUT2D eigenvalue weighted by Gasteiger charge is -2.38. The molecular weight excluding hydrogens is 326 g/mol. The molecule has 6 nitrogen and oxygen atoms in total. The van der Waals surface area contributed by atoms with Crippen molar-refractivity contribution >= 4 is 23.2 Å². The maximum Gasteiger partial charge on any atom is 0.267 e. The van der Waals surface area contributed by atoms with Crippen LogP contribution in [-0.4, -0.2) is 65.8 Å². The number of rotatable bonds is 2. The second-order valence-electron chi connectivity index (χ2n) is 6.40. The fraction of sp³-hybridized carbons (Fsp3) is 0.529. The number of piperazine rings is 1. The van der Waals surface area contributed by atoms with Gasteiger partial charge in [-0.25, -0.2) is 0 Å². The largest absolute Gasteiger partial charge is 0.485 e.